The molecule has 0 bridgehead atoms. The van der Waals surface area contributed by atoms with Crippen LogP contribution in [0.3, 0.4) is 0 Å². The maximum absolute atomic E-state index is 11.6. The predicted octanol–water partition coefficient (Wildman–Crippen LogP) is 1.45. The van der Waals surface area contributed by atoms with Crippen molar-refractivity contribution in [2.75, 3.05) is 36.4 Å². The summed E-state index contributed by atoms with van der Waals surface area (Å²) in [6, 6.07) is 7.98. The zero-order valence-corrected chi connectivity index (χ0v) is 11.0. The second kappa shape index (κ2) is 6.81. The first-order valence-electron chi connectivity index (χ1n) is 6.58. The fourth-order valence-electron chi connectivity index (χ4n) is 2.18. The molecule has 2 N–H and O–H groups in total. The minimum absolute atomic E-state index is 0.0795. The Kier molecular flexibility index (Phi) is 4.82. The molecule has 1 fully saturated rings. The number of nitrogens with zero attached hydrogens (tertiary/aromatic N) is 1. The summed E-state index contributed by atoms with van der Waals surface area (Å²) < 4.78 is 0. The number of nitrogens with one attached hydrogen (secondary N) is 2. The van der Waals surface area contributed by atoms with Crippen molar-refractivity contribution in [3.63, 3.8) is 0 Å². The Balaban J connectivity index is 1.84. The summed E-state index contributed by atoms with van der Waals surface area (Å²) in [5, 5.41) is 5.68. The molecule has 1 saturated heterocycles. The Hall–Kier alpha value is -1.99. The van der Waals surface area contributed by atoms with E-state index < -0.39 is 0 Å². The average molecular weight is 257 g/mol. The van der Waals surface area contributed by atoms with Crippen LogP contribution in [0.15, 0.2) is 24.3 Å². The molecule has 0 atom stereocenters. The normalized spacial score (nSPS) is 14.2. The summed E-state index contributed by atoms with van der Waals surface area (Å²) in [5.41, 5.74) is 2.04. The molecule has 1 heterocycles. The highest BCUT2D eigenvalue weighted by molar-refractivity contribution is 5.92. The van der Waals surface area contributed by atoms with Crippen LogP contribution in [-0.4, -0.2) is 32.1 Å². The van der Waals surface area contributed by atoms with E-state index in [0.29, 0.717) is 6.54 Å². The van der Waals surface area contributed by atoms with Crippen LogP contribution in [0.2, 0.25) is 0 Å². The molecule has 4 nitrogen and oxygen atoms in total. The predicted molar refractivity (Wildman–Crippen MR) is 78.2 cm³/mol. The van der Waals surface area contributed by atoms with Crippen LogP contribution in [0.25, 0.3) is 0 Å². The number of terminal acetylenes is 1. The third-order valence-corrected chi connectivity index (χ3v) is 3.13. The first-order valence-corrected chi connectivity index (χ1v) is 6.58. The van der Waals surface area contributed by atoms with Gasteiger partial charge in [0.1, 0.15) is 0 Å². The number of rotatable bonds is 5. The largest absolute Gasteiger partial charge is 0.372 e. The first-order chi connectivity index (χ1) is 9.29. The molecule has 0 unspecified atom stereocenters. The van der Waals surface area contributed by atoms with Crippen LogP contribution in [0.1, 0.15) is 12.8 Å². The second-order valence-corrected chi connectivity index (χ2v) is 4.60. The molecule has 0 spiro atoms. The quantitative estimate of drug-likeness (QED) is 0.620. The van der Waals surface area contributed by atoms with Gasteiger partial charge in [-0.3, -0.25) is 10.1 Å². The minimum atomic E-state index is -0.0795. The molecule has 0 aliphatic carbocycles. The lowest BCUT2D eigenvalue weighted by Gasteiger charge is -2.17. The average Bonchev–Trinajstić information content (AvgIpc) is 2.94. The highest BCUT2D eigenvalue weighted by atomic mass is 16.1. The van der Waals surface area contributed by atoms with Gasteiger partial charge in [0.15, 0.2) is 0 Å². The van der Waals surface area contributed by atoms with Gasteiger partial charge in [-0.1, -0.05) is 5.92 Å². The summed E-state index contributed by atoms with van der Waals surface area (Å²) >= 11 is 0. The number of anilines is 2. The number of hydrogen-bond acceptors (Lipinski definition) is 3. The Morgan fingerprint density at radius 1 is 1.26 bits per heavy atom. The number of hydrogen-bond donors (Lipinski definition) is 2. The minimum Gasteiger partial charge on any atom is -0.372 e. The monoisotopic (exact) mass is 257 g/mol. The van der Waals surface area contributed by atoms with Crippen LogP contribution in [-0.2, 0) is 4.79 Å². The van der Waals surface area contributed by atoms with E-state index in [2.05, 4.69) is 33.6 Å². The van der Waals surface area contributed by atoms with Crippen LogP contribution in [0.5, 0.6) is 0 Å². The molecule has 4 heteroatoms. The zero-order valence-electron chi connectivity index (χ0n) is 11.0. The molecule has 0 saturated carbocycles. The maximum atomic E-state index is 11.6. The van der Waals surface area contributed by atoms with Crippen molar-refractivity contribution >= 4 is 17.3 Å². The van der Waals surface area contributed by atoms with E-state index in [1.54, 1.807) is 0 Å². The van der Waals surface area contributed by atoms with Crippen molar-refractivity contribution < 1.29 is 4.79 Å². The van der Waals surface area contributed by atoms with Gasteiger partial charge in [0.2, 0.25) is 5.91 Å². The van der Waals surface area contributed by atoms with Gasteiger partial charge in [-0.05, 0) is 37.1 Å². The van der Waals surface area contributed by atoms with Crippen molar-refractivity contribution in [1.82, 2.24) is 5.32 Å². The lowest BCUT2D eigenvalue weighted by molar-refractivity contribution is -0.115. The van der Waals surface area contributed by atoms with E-state index in [4.69, 9.17) is 6.42 Å². The standard InChI is InChI=1S/C15H19N3O/c1-2-9-16-12-15(19)17-13-5-7-14(8-6-13)18-10-3-4-11-18/h1,5-8,16H,3-4,9-12H2,(H,17,19). The van der Waals surface area contributed by atoms with Crippen molar-refractivity contribution in [3.05, 3.63) is 24.3 Å². The fourth-order valence-corrected chi connectivity index (χ4v) is 2.18. The summed E-state index contributed by atoms with van der Waals surface area (Å²) in [4.78, 5) is 13.9. The van der Waals surface area contributed by atoms with Gasteiger partial charge >= 0.3 is 0 Å². The van der Waals surface area contributed by atoms with Crippen LogP contribution in [0.4, 0.5) is 11.4 Å². The molecule has 1 aliphatic heterocycles. The summed E-state index contributed by atoms with van der Waals surface area (Å²) in [6.07, 6.45) is 7.62. The Morgan fingerprint density at radius 2 is 1.95 bits per heavy atom. The van der Waals surface area contributed by atoms with Crippen molar-refractivity contribution in [2.45, 2.75) is 12.8 Å². The van der Waals surface area contributed by atoms with E-state index in [1.165, 1.54) is 18.5 Å². The van der Waals surface area contributed by atoms with Gasteiger partial charge in [-0.25, -0.2) is 0 Å². The third kappa shape index (κ3) is 4.01. The first kappa shape index (κ1) is 13.4. The van der Waals surface area contributed by atoms with E-state index in [-0.39, 0.29) is 12.5 Å². The Bertz CT molecular complexity index is 455. The van der Waals surface area contributed by atoms with E-state index in [0.717, 1.165) is 18.8 Å². The van der Waals surface area contributed by atoms with E-state index >= 15 is 0 Å². The van der Waals surface area contributed by atoms with E-state index in [9.17, 15) is 4.79 Å². The molecule has 0 aromatic heterocycles. The van der Waals surface area contributed by atoms with Gasteiger partial charge < -0.3 is 10.2 Å². The number of carbonyl (C=O) groups excluding carboxylic acids is 1. The fraction of sp³-hybridized carbons (Fsp3) is 0.400. The molecular weight excluding hydrogens is 238 g/mol. The molecule has 1 aromatic carbocycles. The maximum Gasteiger partial charge on any atom is 0.238 e. The smallest absolute Gasteiger partial charge is 0.238 e. The third-order valence-electron chi connectivity index (χ3n) is 3.13. The lowest BCUT2D eigenvalue weighted by Crippen LogP contribution is -2.28. The van der Waals surface area contributed by atoms with Gasteiger partial charge in [-0.2, -0.15) is 0 Å². The topological polar surface area (TPSA) is 44.4 Å². The highest BCUT2D eigenvalue weighted by Crippen LogP contribution is 2.21. The molecule has 0 radical (unpaired) electrons. The molecule has 1 aliphatic rings. The van der Waals surface area contributed by atoms with Gasteiger partial charge in [0.05, 0.1) is 13.1 Å². The summed E-state index contributed by atoms with van der Waals surface area (Å²) in [5.74, 6) is 2.35. The van der Waals surface area contributed by atoms with Crippen LogP contribution in [0, 0.1) is 12.3 Å². The van der Waals surface area contributed by atoms with Crippen molar-refractivity contribution in [1.29, 1.82) is 0 Å². The molecule has 1 aromatic rings. The van der Waals surface area contributed by atoms with Gasteiger partial charge in [0.25, 0.3) is 0 Å². The van der Waals surface area contributed by atoms with Crippen LogP contribution < -0.4 is 15.5 Å². The number of amides is 1. The van der Waals surface area contributed by atoms with Crippen molar-refractivity contribution in [3.8, 4) is 12.3 Å². The van der Waals surface area contributed by atoms with Crippen molar-refractivity contribution in [2.24, 2.45) is 0 Å². The molecule has 19 heavy (non-hydrogen) atoms. The molecular formula is C15H19N3O. The SMILES string of the molecule is C#CCNCC(=O)Nc1ccc(N2CCCC2)cc1. The molecule has 2 rings (SSSR count). The molecule has 1 amide bonds. The van der Waals surface area contributed by atoms with E-state index in [1.807, 2.05) is 12.1 Å². The molecule has 100 valence electrons. The zero-order chi connectivity index (χ0) is 13.5. The van der Waals surface area contributed by atoms with Gasteiger partial charge in [-0.15, -0.1) is 6.42 Å². The lowest BCUT2D eigenvalue weighted by atomic mass is 10.2. The highest BCUT2D eigenvalue weighted by Gasteiger charge is 2.11. The second-order valence-electron chi connectivity index (χ2n) is 4.60. The summed E-state index contributed by atoms with van der Waals surface area (Å²) in [6.45, 7) is 2.89. The van der Waals surface area contributed by atoms with Crippen LogP contribution >= 0.6 is 0 Å². The Morgan fingerprint density at radius 3 is 2.58 bits per heavy atom. The number of carbonyl (C=O) groups is 1. The Labute approximate surface area is 114 Å². The van der Waals surface area contributed by atoms with Gasteiger partial charge in [0, 0.05) is 24.5 Å². The summed E-state index contributed by atoms with van der Waals surface area (Å²) in [7, 11) is 0. The number of benzene rings is 1.